The third-order valence-corrected chi connectivity index (χ3v) is 3.63. The number of rotatable bonds is 6. The van der Waals surface area contributed by atoms with E-state index in [2.05, 4.69) is 10.4 Å². The second-order valence-electron chi connectivity index (χ2n) is 5.38. The van der Waals surface area contributed by atoms with Crippen molar-refractivity contribution < 1.29 is 4.74 Å². The molecule has 1 aliphatic rings. The number of hydrogen-bond donors (Lipinski definition) is 1. The van der Waals surface area contributed by atoms with E-state index in [-0.39, 0.29) is 0 Å². The first kappa shape index (κ1) is 13.3. The van der Waals surface area contributed by atoms with Crippen LogP contribution in [0.25, 0.3) is 11.0 Å². The minimum Gasteiger partial charge on any atom is -0.385 e. The highest BCUT2D eigenvalue weighted by Crippen LogP contribution is 2.39. The average molecular weight is 275 g/mol. The molecule has 0 amide bonds. The SMILES string of the molecule is COCCCNc1nc(C2CC2)nc2c(C)nn(C)c12. The van der Waals surface area contributed by atoms with E-state index in [1.807, 2.05) is 18.7 Å². The lowest BCUT2D eigenvalue weighted by atomic mass is 10.3. The van der Waals surface area contributed by atoms with Crippen LogP contribution in [0.4, 0.5) is 5.82 Å². The van der Waals surface area contributed by atoms with Gasteiger partial charge in [-0.25, -0.2) is 9.97 Å². The molecule has 2 aromatic heterocycles. The Balaban J connectivity index is 1.94. The van der Waals surface area contributed by atoms with Crippen molar-refractivity contribution in [3.8, 4) is 0 Å². The average Bonchev–Trinajstić information content (AvgIpc) is 3.23. The van der Waals surface area contributed by atoms with E-state index in [4.69, 9.17) is 14.7 Å². The molecule has 0 unspecified atom stereocenters. The summed E-state index contributed by atoms with van der Waals surface area (Å²) in [7, 11) is 3.66. The largest absolute Gasteiger partial charge is 0.385 e. The van der Waals surface area contributed by atoms with Crippen LogP contribution in [0.15, 0.2) is 0 Å². The molecule has 6 heteroatoms. The first-order valence-corrected chi connectivity index (χ1v) is 7.14. The second kappa shape index (κ2) is 5.36. The van der Waals surface area contributed by atoms with E-state index >= 15 is 0 Å². The molecule has 1 fully saturated rings. The van der Waals surface area contributed by atoms with Crippen molar-refractivity contribution in [2.24, 2.45) is 7.05 Å². The lowest BCUT2D eigenvalue weighted by Crippen LogP contribution is -2.09. The van der Waals surface area contributed by atoms with Crippen molar-refractivity contribution >= 4 is 16.9 Å². The lowest BCUT2D eigenvalue weighted by molar-refractivity contribution is 0.198. The summed E-state index contributed by atoms with van der Waals surface area (Å²) in [5.74, 6) is 2.40. The maximum Gasteiger partial charge on any atom is 0.156 e. The molecular weight excluding hydrogens is 254 g/mol. The van der Waals surface area contributed by atoms with Crippen molar-refractivity contribution in [1.29, 1.82) is 0 Å². The van der Waals surface area contributed by atoms with Gasteiger partial charge in [0.15, 0.2) is 5.82 Å². The third-order valence-electron chi connectivity index (χ3n) is 3.63. The molecule has 20 heavy (non-hydrogen) atoms. The van der Waals surface area contributed by atoms with Crippen molar-refractivity contribution in [2.45, 2.75) is 32.1 Å². The summed E-state index contributed by atoms with van der Waals surface area (Å²) >= 11 is 0. The molecule has 6 nitrogen and oxygen atoms in total. The van der Waals surface area contributed by atoms with Crippen LogP contribution in [-0.4, -0.2) is 40.0 Å². The molecule has 0 radical (unpaired) electrons. The fraction of sp³-hybridized carbons (Fsp3) is 0.643. The Morgan fingerprint density at radius 1 is 1.35 bits per heavy atom. The maximum absolute atomic E-state index is 5.08. The molecule has 108 valence electrons. The number of hydrogen-bond acceptors (Lipinski definition) is 5. The summed E-state index contributed by atoms with van der Waals surface area (Å²) < 4.78 is 6.94. The number of nitrogens with zero attached hydrogens (tertiary/aromatic N) is 4. The van der Waals surface area contributed by atoms with Crippen LogP contribution in [-0.2, 0) is 11.8 Å². The van der Waals surface area contributed by atoms with E-state index in [1.54, 1.807) is 7.11 Å². The second-order valence-corrected chi connectivity index (χ2v) is 5.38. The predicted molar refractivity (Wildman–Crippen MR) is 78.0 cm³/mol. The van der Waals surface area contributed by atoms with Crippen LogP contribution in [0.5, 0.6) is 0 Å². The molecule has 1 N–H and O–H groups in total. The molecule has 1 saturated carbocycles. The highest BCUT2D eigenvalue weighted by molar-refractivity contribution is 5.87. The summed E-state index contributed by atoms with van der Waals surface area (Å²) in [5.41, 5.74) is 2.93. The van der Waals surface area contributed by atoms with Crippen molar-refractivity contribution in [3.05, 3.63) is 11.5 Å². The van der Waals surface area contributed by atoms with Crippen LogP contribution < -0.4 is 5.32 Å². The predicted octanol–water partition coefficient (Wildman–Crippen LogP) is 2.00. The number of nitrogens with one attached hydrogen (secondary N) is 1. The van der Waals surface area contributed by atoms with E-state index in [0.29, 0.717) is 5.92 Å². The number of aryl methyl sites for hydroxylation is 2. The van der Waals surface area contributed by atoms with Gasteiger partial charge in [-0.3, -0.25) is 4.68 Å². The zero-order chi connectivity index (χ0) is 14.1. The topological polar surface area (TPSA) is 64.9 Å². The van der Waals surface area contributed by atoms with Crippen molar-refractivity contribution in [2.75, 3.05) is 25.6 Å². The molecule has 2 aromatic rings. The molecule has 3 rings (SSSR count). The Bertz CT molecular complexity index is 618. The van der Waals surface area contributed by atoms with E-state index < -0.39 is 0 Å². The molecule has 0 saturated heterocycles. The summed E-state index contributed by atoms with van der Waals surface area (Å²) in [4.78, 5) is 9.41. The van der Waals surface area contributed by atoms with Gasteiger partial charge in [0.25, 0.3) is 0 Å². The number of anilines is 1. The Morgan fingerprint density at radius 3 is 2.85 bits per heavy atom. The van der Waals surface area contributed by atoms with Gasteiger partial charge in [-0.2, -0.15) is 5.10 Å². The Labute approximate surface area is 118 Å². The van der Waals surface area contributed by atoms with Crippen LogP contribution in [0.3, 0.4) is 0 Å². The highest BCUT2D eigenvalue weighted by Gasteiger charge is 2.28. The maximum atomic E-state index is 5.08. The van der Waals surface area contributed by atoms with Gasteiger partial charge in [-0.15, -0.1) is 0 Å². The van der Waals surface area contributed by atoms with Gasteiger partial charge in [-0.05, 0) is 26.2 Å². The minimum absolute atomic E-state index is 0.540. The molecule has 1 aliphatic carbocycles. The molecule has 2 heterocycles. The quantitative estimate of drug-likeness (QED) is 0.817. The Morgan fingerprint density at radius 2 is 2.15 bits per heavy atom. The monoisotopic (exact) mass is 275 g/mol. The number of methoxy groups -OCH3 is 1. The molecule has 0 bridgehead atoms. The summed E-state index contributed by atoms with van der Waals surface area (Å²) in [6.45, 7) is 3.59. The van der Waals surface area contributed by atoms with E-state index in [1.165, 1.54) is 12.8 Å². The minimum atomic E-state index is 0.540. The van der Waals surface area contributed by atoms with Gasteiger partial charge in [0.1, 0.15) is 16.9 Å². The normalized spacial score (nSPS) is 14.9. The van der Waals surface area contributed by atoms with Crippen LogP contribution in [0, 0.1) is 6.92 Å². The van der Waals surface area contributed by atoms with Gasteiger partial charge >= 0.3 is 0 Å². The Hall–Kier alpha value is -1.69. The lowest BCUT2D eigenvalue weighted by Gasteiger charge is -2.09. The van der Waals surface area contributed by atoms with Crippen LogP contribution in [0.2, 0.25) is 0 Å². The molecule has 0 spiro atoms. The fourth-order valence-corrected chi connectivity index (χ4v) is 2.42. The van der Waals surface area contributed by atoms with Crippen molar-refractivity contribution in [1.82, 2.24) is 19.7 Å². The summed E-state index contributed by atoms with van der Waals surface area (Å²) in [6.07, 6.45) is 3.36. The molecule has 0 atom stereocenters. The highest BCUT2D eigenvalue weighted by atomic mass is 16.5. The van der Waals surface area contributed by atoms with Gasteiger partial charge in [0.2, 0.25) is 0 Å². The molecular formula is C14H21N5O. The van der Waals surface area contributed by atoms with Gasteiger partial charge < -0.3 is 10.1 Å². The molecule has 0 aliphatic heterocycles. The first-order chi connectivity index (χ1) is 9.70. The van der Waals surface area contributed by atoms with Gasteiger partial charge in [0.05, 0.1) is 5.69 Å². The summed E-state index contributed by atoms with van der Waals surface area (Å²) in [6, 6.07) is 0. The van der Waals surface area contributed by atoms with E-state index in [9.17, 15) is 0 Å². The van der Waals surface area contributed by atoms with Gasteiger partial charge in [-0.1, -0.05) is 0 Å². The molecule has 0 aromatic carbocycles. The van der Waals surface area contributed by atoms with Gasteiger partial charge in [0, 0.05) is 33.2 Å². The number of aromatic nitrogens is 4. The smallest absolute Gasteiger partial charge is 0.156 e. The zero-order valence-corrected chi connectivity index (χ0v) is 12.3. The third kappa shape index (κ3) is 2.47. The Kier molecular flexibility index (Phi) is 3.56. The summed E-state index contributed by atoms with van der Waals surface area (Å²) in [5, 5.41) is 7.87. The van der Waals surface area contributed by atoms with Crippen molar-refractivity contribution in [3.63, 3.8) is 0 Å². The van der Waals surface area contributed by atoms with E-state index in [0.717, 1.165) is 47.9 Å². The zero-order valence-electron chi connectivity index (χ0n) is 12.3. The number of fused-ring (bicyclic) bond motifs is 1. The standard InChI is InChI=1S/C14H21N5O/c1-9-11-12(19(2)18-9)14(15-7-4-8-20-3)17-13(16-11)10-5-6-10/h10H,4-8H2,1-3H3,(H,15,16,17). The fourth-order valence-electron chi connectivity index (χ4n) is 2.42. The van der Waals surface area contributed by atoms with Crippen LogP contribution >= 0.6 is 0 Å². The van der Waals surface area contributed by atoms with Crippen LogP contribution in [0.1, 0.15) is 36.7 Å². The number of ether oxygens (including phenoxy) is 1. The first-order valence-electron chi connectivity index (χ1n) is 7.14.